The molecule has 1 aromatic heterocycles. The van der Waals surface area contributed by atoms with E-state index in [9.17, 15) is 4.79 Å². The number of para-hydroxylation sites is 1. The molecule has 0 spiro atoms. The van der Waals surface area contributed by atoms with E-state index in [1.54, 1.807) is 12.1 Å². The van der Waals surface area contributed by atoms with Crippen molar-refractivity contribution in [2.24, 2.45) is 0 Å². The fourth-order valence-electron chi connectivity index (χ4n) is 2.85. The van der Waals surface area contributed by atoms with Gasteiger partial charge >= 0.3 is 0 Å². The van der Waals surface area contributed by atoms with Gasteiger partial charge in [0.05, 0.1) is 0 Å². The van der Waals surface area contributed by atoms with Crippen LogP contribution in [0.1, 0.15) is 22.8 Å². The van der Waals surface area contributed by atoms with Crippen LogP contribution in [0.15, 0.2) is 36.4 Å². The fraction of sp³-hybridized carbons (Fsp3) is 0.294. The highest BCUT2D eigenvalue weighted by atomic mass is 35.5. The zero-order valence-electron chi connectivity index (χ0n) is 12.9. The molecule has 1 unspecified atom stereocenters. The Morgan fingerprint density at radius 1 is 1.32 bits per heavy atom. The molecule has 3 rings (SSSR count). The summed E-state index contributed by atoms with van der Waals surface area (Å²) in [5.74, 6) is 0.640. The van der Waals surface area contributed by atoms with Crippen LogP contribution in [0, 0.1) is 0 Å². The van der Waals surface area contributed by atoms with Gasteiger partial charge in [0.15, 0.2) is 0 Å². The minimum Gasteiger partial charge on any atom is -0.363 e. The van der Waals surface area contributed by atoms with Crippen LogP contribution < -0.4 is 9.80 Å². The van der Waals surface area contributed by atoms with Gasteiger partial charge in [-0.05, 0) is 37.1 Å². The van der Waals surface area contributed by atoms with Crippen LogP contribution in [-0.2, 0) is 6.42 Å². The topological polar surface area (TPSA) is 36.4 Å². The van der Waals surface area contributed by atoms with Crippen molar-refractivity contribution in [2.75, 3.05) is 23.9 Å². The number of rotatable bonds is 2. The van der Waals surface area contributed by atoms with Crippen molar-refractivity contribution in [3.8, 4) is 0 Å². The number of carbonyl (C=O) groups is 1. The number of amides is 1. The van der Waals surface area contributed by atoms with Crippen molar-refractivity contribution in [1.29, 1.82) is 0 Å². The predicted molar refractivity (Wildman–Crippen MR) is 90.0 cm³/mol. The number of hydrogen-bond donors (Lipinski definition) is 0. The number of fused-ring (bicyclic) bond motifs is 1. The van der Waals surface area contributed by atoms with Crippen LogP contribution >= 0.6 is 11.6 Å². The normalized spacial score (nSPS) is 16.5. The highest BCUT2D eigenvalue weighted by Gasteiger charge is 2.31. The van der Waals surface area contributed by atoms with Crippen molar-refractivity contribution in [3.63, 3.8) is 0 Å². The van der Waals surface area contributed by atoms with Gasteiger partial charge in [0.1, 0.15) is 11.0 Å². The lowest BCUT2D eigenvalue weighted by atomic mass is 10.1. The number of carbonyl (C=O) groups excluding carboxylic acids is 1. The van der Waals surface area contributed by atoms with Crippen LogP contribution in [0.4, 0.5) is 11.5 Å². The van der Waals surface area contributed by atoms with E-state index in [2.05, 4.69) is 18.0 Å². The molecular weight excluding hydrogens is 298 g/mol. The van der Waals surface area contributed by atoms with Crippen LogP contribution in [0.25, 0.3) is 0 Å². The molecule has 1 atom stereocenters. The van der Waals surface area contributed by atoms with Gasteiger partial charge in [-0.15, -0.1) is 0 Å². The van der Waals surface area contributed by atoms with Crippen molar-refractivity contribution in [3.05, 3.63) is 52.7 Å². The Balaban J connectivity index is 2.01. The Kier molecular flexibility index (Phi) is 3.79. The number of pyridine rings is 1. The van der Waals surface area contributed by atoms with Gasteiger partial charge in [-0.25, -0.2) is 4.98 Å². The van der Waals surface area contributed by atoms with E-state index in [1.165, 1.54) is 5.56 Å². The van der Waals surface area contributed by atoms with Crippen LogP contribution in [0.2, 0.25) is 5.15 Å². The van der Waals surface area contributed by atoms with Crippen LogP contribution in [0.5, 0.6) is 0 Å². The summed E-state index contributed by atoms with van der Waals surface area (Å²) < 4.78 is 0. The molecule has 2 aromatic rings. The first-order valence-corrected chi connectivity index (χ1v) is 7.61. The first kappa shape index (κ1) is 14.9. The molecule has 1 aliphatic rings. The van der Waals surface area contributed by atoms with E-state index < -0.39 is 0 Å². The molecule has 0 N–H and O–H groups in total. The zero-order chi connectivity index (χ0) is 15.9. The molecular formula is C17H18ClN3O. The molecule has 1 aliphatic heterocycles. The van der Waals surface area contributed by atoms with Gasteiger partial charge < -0.3 is 9.80 Å². The average Bonchev–Trinajstić information content (AvgIpc) is 2.81. The molecule has 0 bridgehead atoms. The maximum atomic E-state index is 13.0. The number of halogens is 1. The SMILES string of the molecule is CC1Cc2ccccc2N1C(=O)c1cc(Cl)nc(N(C)C)c1. The summed E-state index contributed by atoms with van der Waals surface area (Å²) in [6, 6.07) is 11.6. The summed E-state index contributed by atoms with van der Waals surface area (Å²) in [5, 5.41) is 0.328. The largest absolute Gasteiger partial charge is 0.363 e. The van der Waals surface area contributed by atoms with Gasteiger partial charge in [-0.3, -0.25) is 4.79 Å². The van der Waals surface area contributed by atoms with E-state index >= 15 is 0 Å². The molecule has 22 heavy (non-hydrogen) atoms. The number of nitrogens with zero attached hydrogens (tertiary/aromatic N) is 3. The lowest BCUT2D eigenvalue weighted by molar-refractivity contribution is 0.0981. The van der Waals surface area contributed by atoms with Crippen molar-refractivity contribution >= 4 is 29.0 Å². The molecule has 0 radical (unpaired) electrons. The second-order valence-corrected chi connectivity index (χ2v) is 6.18. The number of benzene rings is 1. The Labute approximate surface area is 135 Å². The standard InChI is InChI=1S/C17H18ClN3O/c1-11-8-12-6-4-5-7-14(12)21(11)17(22)13-9-15(18)19-16(10-13)20(2)3/h4-7,9-11H,8H2,1-3H3. The number of anilines is 2. The fourth-order valence-corrected chi connectivity index (χ4v) is 3.05. The number of aromatic nitrogens is 1. The third kappa shape index (κ3) is 2.55. The lowest BCUT2D eigenvalue weighted by Crippen LogP contribution is -2.35. The first-order valence-electron chi connectivity index (χ1n) is 7.23. The van der Waals surface area contributed by atoms with Gasteiger partial charge in [0, 0.05) is 31.4 Å². The van der Waals surface area contributed by atoms with Gasteiger partial charge in [-0.2, -0.15) is 0 Å². The van der Waals surface area contributed by atoms with Crippen molar-refractivity contribution in [2.45, 2.75) is 19.4 Å². The number of hydrogen-bond acceptors (Lipinski definition) is 3. The van der Waals surface area contributed by atoms with Gasteiger partial charge in [-0.1, -0.05) is 29.8 Å². The molecule has 0 aliphatic carbocycles. The van der Waals surface area contributed by atoms with E-state index in [1.807, 2.05) is 42.1 Å². The summed E-state index contributed by atoms with van der Waals surface area (Å²) in [7, 11) is 3.75. The van der Waals surface area contributed by atoms with Gasteiger partial charge in [0.2, 0.25) is 0 Å². The highest BCUT2D eigenvalue weighted by molar-refractivity contribution is 6.30. The average molecular weight is 316 g/mol. The summed E-state index contributed by atoms with van der Waals surface area (Å²) in [5.41, 5.74) is 2.75. The third-order valence-corrected chi connectivity index (χ3v) is 4.11. The molecule has 0 saturated carbocycles. The zero-order valence-corrected chi connectivity index (χ0v) is 13.6. The maximum Gasteiger partial charge on any atom is 0.258 e. The van der Waals surface area contributed by atoms with Crippen molar-refractivity contribution in [1.82, 2.24) is 4.98 Å². The molecule has 0 fully saturated rings. The summed E-state index contributed by atoms with van der Waals surface area (Å²) in [6.07, 6.45) is 0.876. The Morgan fingerprint density at radius 3 is 2.77 bits per heavy atom. The summed E-state index contributed by atoms with van der Waals surface area (Å²) in [6.45, 7) is 2.06. The van der Waals surface area contributed by atoms with Gasteiger partial charge in [0.25, 0.3) is 5.91 Å². The predicted octanol–water partition coefficient (Wildman–Crippen LogP) is 3.39. The molecule has 1 amide bonds. The molecule has 4 nitrogen and oxygen atoms in total. The quantitative estimate of drug-likeness (QED) is 0.797. The van der Waals surface area contributed by atoms with E-state index in [0.717, 1.165) is 12.1 Å². The molecule has 1 aromatic carbocycles. The minimum absolute atomic E-state index is 0.0372. The molecule has 0 saturated heterocycles. The minimum atomic E-state index is -0.0372. The Bertz CT molecular complexity index is 730. The Hall–Kier alpha value is -2.07. The van der Waals surface area contributed by atoms with Crippen LogP contribution in [0.3, 0.4) is 0 Å². The smallest absolute Gasteiger partial charge is 0.258 e. The second-order valence-electron chi connectivity index (χ2n) is 5.79. The van der Waals surface area contributed by atoms with Crippen LogP contribution in [-0.4, -0.2) is 31.0 Å². The second kappa shape index (κ2) is 5.61. The molecule has 5 heteroatoms. The van der Waals surface area contributed by atoms with E-state index in [4.69, 9.17) is 11.6 Å². The Morgan fingerprint density at radius 2 is 2.05 bits per heavy atom. The maximum absolute atomic E-state index is 13.0. The van der Waals surface area contributed by atoms with E-state index in [0.29, 0.717) is 16.5 Å². The summed E-state index contributed by atoms with van der Waals surface area (Å²) >= 11 is 6.07. The monoisotopic (exact) mass is 315 g/mol. The highest BCUT2D eigenvalue weighted by Crippen LogP contribution is 2.33. The molecule has 114 valence electrons. The van der Waals surface area contributed by atoms with E-state index in [-0.39, 0.29) is 11.9 Å². The third-order valence-electron chi connectivity index (χ3n) is 3.91. The summed E-state index contributed by atoms with van der Waals surface area (Å²) in [4.78, 5) is 20.9. The van der Waals surface area contributed by atoms with Crippen molar-refractivity contribution < 1.29 is 4.79 Å². The first-order chi connectivity index (χ1) is 10.5. The lowest BCUT2D eigenvalue weighted by Gasteiger charge is -2.23. The molecule has 2 heterocycles.